The lowest BCUT2D eigenvalue weighted by molar-refractivity contribution is -0.144. The Bertz CT molecular complexity index is 439. The smallest absolute Gasteiger partial charge is 0.344 e. The molecular formula is C15H22N2O3. The van der Waals surface area contributed by atoms with Gasteiger partial charge in [-0.15, -0.1) is 0 Å². The van der Waals surface area contributed by atoms with Gasteiger partial charge in [0.2, 0.25) is 0 Å². The minimum absolute atomic E-state index is 0.599. The molecule has 5 heteroatoms. The number of aliphatic carboxylic acids is 1. The minimum Gasteiger partial charge on any atom is -0.479 e. The van der Waals surface area contributed by atoms with E-state index in [1.165, 1.54) is 12.5 Å². The predicted molar refractivity (Wildman–Crippen MR) is 76.9 cm³/mol. The van der Waals surface area contributed by atoms with E-state index >= 15 is 0 Å². The van der Waals surface area contributed by atoms with Crippen LogP contribution in [-0.4, -0.2) is 60.2 Å². The first kappa shape index (κ1) is 14.8. The number of benzene rings is 1. The molecule has 1 saturated heterocycles. The van der Waals surface area contributed by atoms with E-state index in [1.807, 2.05) is 24.3 Å². The second-order valence-electron chi connectivity index (χ2n) is 5.32. The summed E-state index contributed by atoms with van der Waals surface area (Å²) in [5, 5.41) is 8.80. The number of carboxylic acid groups (broad SMARTS) is 1. The highest BCUT2D eigenvalue weighted by Crippen LogP contribution is 2.16. The van der Waals surface area contributed by atoms with Crippen LogP contribution in [0, 0.1) is 0 Å². The van der Waals surface area contributed by atoms with Gasteiger partial charge in [-0.25, -0.2) is 4.79 Å². The van der Waals surface area contributed by atoms with Crippen LogP contribution in [0.25, 0.3) is 0 Å². The summed E-state index contributed by atoms with van der Waals surface area (Å²) >= 11 is 0. The van der Waals surface area contributed by atoms with E-state index in [1.54, 1.807) is 0 Å². The maximum atomic E-state index is 10.7. The molecule has 0 aromatic heterocycles. The Kier molecular flexibility index (Phi) is 4.98. The number of piperazine rings is 1. The van der Waals surface area contributed by atoms with E-state index in [4.69, 9.17) is 9.84 Å². The molecule has 1 aromatic carbocycles. The van der Waals surface area contributed by atoms with Crippen molar-refractivity contribution >= 4 is 5.97 Å². The van der Waals surface area contributed by atoms with Crippen molar-refractivity contribution in [1.29, 1.82) is 0 Å². The molecule has 1 aliphatic rings. The normalized spacial score (nSPS) is 18.7. The molecule has 0 radical (unpaired) electrons. The third-order valence-electron chi connectivity index (χ3n) is 3.59. The van der Waals surface area contributed by atoms with Gasteiger partial charge in [0.05, 0.1) is 0 Å². The molecule has 1 aliphatic heterocycles. The summed E-state index contributed by atoms with van der Waals surface area (Å²) in [4.78, 5) is 15.5. The first-order chi connectivity index (χ1) is 9.54. The average molecular weight is 278 g/mol. The first-order valence-corrected chi connectivity index (χ1v) is 6.94. The molecule has 0 aliphatic carbocycles. The van der Waals surface area contributed by atoms with E-state index in [2.05, 4.69) is 16.8 Å². The third kappa shape index (κ3) is 4.21. The maximum Gasteiger partial charge on any atom is 0.344 e. The number of hydrogen-bond donors (Lipinski definition) is 1. The summed E-state index contributed by atoms with van der Waals surface area (Å²) < 4.78 is 5.31. The standard InChI is InChI=1S/C15H22N2O3/c1-12(15(18)19)20-14-5-3-13(4-6-14)11-17-9-7-16(2)8-10-17/h3-6,12H,7-11H2,1-2H3,(H,18,19). The number of hydrogen-bond acceptors (Lipinski definition) is 4. The van der Waals surface area contributed by atoms with Crippen LogP contribution in [0.2, 0.25) is 0 Å². The van der Waals surface area contributed by atoms with Gasteiger partial charge in [0.1, 0.15) is 5.75 Å². The molecule has 5 nitrogen and oxygen atoms in total. The predicted octanol–water partition coefficient (Wildman–Crippen LogP) is 1.29. The highest BCUT2D eigenvalue weighted by atomic mass is 16.5. The Morgan fingerprint density at radius 3 is 2.40 bits per heavy atom. The average Bonchev–Trinajstić information content (AvgIpc) is 2.43. The van der Waals surface area contributed by atoms with E-state index in [9.17, 15) is 4.79 Å². The summed E-state index contributed by atoms with van der Waals surface area (Å²) in [7, 11) is 2.15. The lowest BCUT2D eigenvalue weighted by Gasteiger charge is -2.32. The summed E-state index contributed by atoms with van der Waals surface area (Å²) in [6.45, 7) is 6.85. The summed E-state index contributed by atoms with van der Waals surface area (Å²) in [5.74, 6) is -0.353. The van der Waals surface area contributed by atoms with Crippen LogP contribution in [-0.2, 0) is 11.3 Å². The molecule has 0 bridgehead atoms. The lowest BCUT2D eigenvalue weighted by atomic mass is 10.2. The van der Waals surface area contributed by atoms with E-state index in [0.29, 0.717) is 5.75 Å². The van der Waals surface area contributed by atoms with Crippen molar-refractivity contribution < 1.29 is 14.6 Å². The summed E-state index contributed by atoms with van der Waals surface area (Å²) in [6.07, 6.45) is -0.821. The number of ether oxygens (including phenoxy) is 1. The quantitative estimate of drug-likeness (QED) is 0.879. The van der Waals surface area contributed by atoms with Crippen LogP contribution in [0.3, 0.4) is 0 Å². The number of carboxylic acids is 1. The Labute approximate surface area is 119 Å². The van der Waals surface area contributed by atoms with Crippen molar-refractivity contribution in [2.24, 2.45) is 0 Å². The molecule has 0 saturated carbocycles. The highest BCUT2D eigenvalue weighted by Gasteiger charge is 2.14. The zero-order chi connectivity index (χ0) is 14.5. The molecule has 1 fully saturated rings. The van der Waals surface area contributed by atoms with Crippen LogP contribution >= 0.6 is 0 Å². The summed E-state index contributed by atoms with van der Waals surface area (Å²) in [5.41, 5.74) is 1.23. The number of likely N-dealkylation sites (N-methyl/N-ethyl adjacent to an activating group) is 1. The molecule has 2 rings (SSSR count). The molecule has 1 aromatic rings. The van der Waals surface area contributed by atoms with Gasteiger partial charge in [0, 0.05) is 32.7 Å². The van der Waals surface area contributed by atoms with E-state index in [-0.39, 0.29) is 0 Å². The second-order valence-corrected chi connectivity index (χ2v) is 5.32. The third-order valence-corrected chi connectivity index (χ3v) is 3.59. The van der Waals surface area contributed by atoms with Crippen LogP contribution in [0.1, 0.15) is 12.5 Å². The number of rotatable bonds is 5. The minimum atomic E-state index is -0.952. The fourth-order valence-corrected chi connectivity index (χ4v) is 2.19. The fraction of sp³-hybridized carbons (Fsp3) is 0.533. The Balaban J connectivity index is 1.86. The first-order valence-electron chi connectivity index (χ1n) is 6.94. The van der Waals surface area contributed by atoms with Crippen LogP contribution in [0.5, 0.6) is 5.75 Å². The molecular weight excluding hydrogens is 256 g/mol. The Morgan fingerprint density at radius 1 is 1.25 bits per heavy atom. The summed E-state index contributed by atoms with van der Waals surface area (Å²) in [6, 6.07) is 7.68. The van der Waals surface area contributed by atoms with Gasteiger partial charge in [-0.3, -0.25) is 4.90 Å². The largest absolute Gasteiger partial charge is 0.479 e. The molecule has 20 heavy (non-hydrogen) atoms. The van der Waals surface area contributed by atoms with Gasteiger partial charge in [0.15, 0.2) is 6.10 Å². The van der Waals surface area contributed by atoms with E-state index < -0.39 is 12.1 Å². The van der Waals surface area contributed by atoms with Gasteiger partial charge in [-0.2, -0.15) is 0 Å². The molecule has 110 valence electrons. The van der Waals surface area contributed by atoms with Crippen molar-refractivity contribution in [3.63, 3.8) is 0 Å². The molecule has 0 spiro atoms. The molecule has 0 amide bonds. The van der Waals surface area contributed by atoms with Crippen molar-refractivity contribution in [3.8, 4) is 5.75 Å². The van der Waals surface area contributed by atoms with Crippen molar-refractivity contribution in [2.45, 2.75) is 19.6 Å². The topological polar surface area (TPSA) is 53.0 Å². The van der Waals surface area contributed by atoms with E-state index in [0.717, 1.165) is 32.7 Å². The van der Waals surface area contributed by atoms with Gasteiger partial charge in [0.25, 0.3) is 0 Å². The van der Waals surface area contributed by atoms with Crippen LogP contribution in [0.15, 0.2) is 24.3 Å². The molecule has 1 unspecified atom stereocenters. The van der Waals surface area contributed by atoms with Crippen molar-refractivity contribution in [3.05, 3.63) is 29.8 Å². The van der Waals surface area contributed by atoms with Gasteiger partial charge in [-0.05, 0) is 31.7 Å². The second kappa shape index (κ2) is 6.72. The molecule has 1 N–H and O–H groups in total. The molecule has 1 heterocycles. The van der Waals surface area contributed by atoms with Crippen molar-refractivity contribution in [1.82, 2.24) is 9.80 Å². The zero-order valence-electron chi connectivity index (χ0n) is 12.1. The van der Waals surface area contributed by atoms with Gasteiger partial charge < -0.3 is 14.7 Å². The Hall–Kier alpha value is -1.59. The monoisotopic (exact) mass is 278 g/mol. The number of nitrogens with zero attached hydrogens (tertiary/aromatic N) is 2. The van der Waals surface area contributed by atoms with Crippen LogP contribution in [0.4, 0.5) is 0 Å². The maximum absolute atomic E-state index is 10.7. The fourth-order valence-electron chi connectivity index (χ4n) is 2.19. The van der Waals surface area contributed by atoms with Crippen molar-refractivity contribution in [2.75, 3.05) is 33.2 Å². The van der Waals surface area contributed by atoms with Crippen LogP contribution < -0.4 is 4.74 Å². The van der Waals surface area contributed by atoms with Gasteiger partial charge in [-0.1, -0.05) is 12.1 Å². The zero-order valence-corrected chi connectivity index (χ0v) is 12.1. The molecule has 1 atom stereocenters. The lowest BCUT2D eigenvalue weighted by Crippen LogP contribution is -2.43. The Morgan fingerprint density at radius 2 is 1.85 bits per heavy atom. The SMILES string of the molecule is CC(Oc1ccc(CN2CCN(C)CC2)cc1)C(=O)O. The van der Waals surface area contributed by atoms with Gasteiger partial charge >= 0.3 is 5.97 Å². The number of carbonyl (C=O) groups is 1. The highest BCUT2D eigenvalue weighted by molar-refractivity contribution is 5.72.